The van der Waals surface area contributed by atoms with Gasteiger partial charge in [-0.05, 0) is 30.3 Å². The van der Waals surface area contributed by atoms with Gasteiger partial charge in [-0.2, -0.15) is 0 Å². The number of aromatic hydroxyl groups is 2. The highest BCUT2D eigenvalue weighted by Crippen LogP contribution is 2.39. The molecule has 0 radical (unpaired) electrons. The lowest BCUT2D eigenvalue weighted by Crippen LogP contribution is -2.05. The monoisotopic (exact) mass is 418 g/mol. The summed E-state index contributed by atoms with van der Waals surface area (Å²) in [6, 6.07) is 9.66. The molecule has 0 spiro atoms. The number of esters is 1. The summed E-state index contributed by atoms with van der Waals surface area (Å²) in [6.07, 6.45) is 2.35. The summed E-state index contributed by atoms with van der Waals surface area (Å²) in [5.41, 5.74) is 1.45. The minimum absolute atomic E-state index is 0.00973. The number of rotatable bonds is 2. The van der Waals surface area contributed by atoms with E-state index >= 15 is 0 Å². The van der Waals surface area contributed by atoms with Crippen molar-refractivity contribution in [3.63, 3.8) is 0 Å². The van der Waals surface area contributed by atoms with Crippen LogP contribution in [0, 0.1) is 0 Å². The summed E-state index contributed by atoms with van der Waals surface area (Å²) in [7, 11) is 0. The van der Waals surface area contributed by atoms with Crippen molar-refractivity contribution >= 4 is 23.7 Å². The number of aliphatic carboxylic acids is 2. The number of ether oxygens (including phenoxy) is 2. The Kier molecular flexibility index (Phi) is 8.89. The number of hydrogen-bond acceptors (Lipinski definition) is 7. The molecule has 0 saturated carbocycles. The molecule has 160 valence electrons. The quantitative estimate of drug-likeness (QED) is 0.426. The van der Waals surface area contributed by atoms with Crippen molar-refractivity contribution in [2.75, 3.05) is 0 Å². The third-order valence-corrected chi connectivity index (χ3v) is 3.28. The van der Waals surface area contributed by atoms with E-state index in [9.17, 15) is 15.0 Å². The van der Waals surface area contributed by atoms with Gasteiger partial charge in [0.05, 0.1) is 0 Å². The van der Waals surface area contributed by atoms with E-state index in [1.807, 2.05) is 6.08 Å². The number of hydrogen-bond donors (Lipinski definition) is 4. The van der Waals surface area contributed by atoms with E-state index in [1.165, 1.54) is 19.1 Å². The van der Waals surface area contributed by atoms with E-state index in [1.54, 1.807) is 24.3 Å². The molecular weight excluding hydrogens is 396 g/mol. The van der Waals surface area contributed by atoms with Crippen molar-refractivity contribution in [1.29, 1.82) is 0 Å². The van der Waals surface area contributed by atoms with Gasteiger partial charge in [0.25, 0.3) is 11.9 Å². The lowest BCUT2D eigenvalue weighted by molar-refractivity contribution is -0.135. The lowest BCUT2D eigenvalue weighted by atomic mass is 10.0. The summed E-state index contributed by atoms with van der Waals surface area (Å²) in [4.78, 5) is 28.9. The summed E-state index contributed by atoms with van der Waals surface area (Å²) >= 11 is 0. The van der Waals surface area contributed by atoms with Gasteiger partial charge in [0.1, 0.15) is 28.8 Å². The first-order valence-electron chi connectivity index (χ1n) is 8.60. The second-order valence-electron chi connectivity index (χ2n) is 5.97. The topological polar surface area (TPSA) is 151 Å². The molecule has 1 heterocycles. The van der Waals surface area contributed by atoms with Gasteiger partial charge >= 0.3 is 5.97 Å². The third-order valence-electron chi connectivity index (χ3n) is 3.28. The van der Waals surface area contributed by atoms with Crippen LogP contribution in [0.5, 0.6) is 23.0 Å². The molecule has 30 heavy (non-hydrogen) atoms. The summed E-state index contributed by atoms with van der Waals surface area (Å²) in [5.74, 6) is -0.576. The Labute approximate surface area is 172 Å². The highest BCUT2D eigenvalue weighted by molar-refractivity contribution is 5.71. The SMILES string of the molecule is CC(=O)O.CC(=O)O.CC(=O)Oc1ccc(C2=CCc3c(O)cc(O)cc3O2)cc1. The molecule has 2 aromatic rings. The molecule has 9 heteroatoms. The van der Waals surface area contributed by atoms with Crippen LogP contribution in [0.3, 0.4) is 0 Å². The smallest absolute Gasteiger partial charge is 0.308 e. The molecule has 4 N–H and O–H groups in total. The molecule has 0 atom stereocenters. The second kappa shape index (κ2) is 11.1. The van der Waals surface area contributed by atoms with E-state index in [-0.39, 0.29) is 17.5 Å². The first kappa shape index (κ1) is 24.0. The van der Waals surface area contributed by atoms with E-state index < -0.39 is 11.9 Å². The maximum Gasteiger partial charge on any atom is 0.308 e. The molecular formula is C21H22O9. The molecule has 0 saturated heterocycles. The fourth-order valence-electron chi connectivity index (χ4n) is 2.30. The van der Waals surface area contributed by atoms with Crippen molar-refractivity contribution < 1.29 is 44.3 Å². The average molecular weight is 418 g/mol. The van der Waals surface area contributed by atoms with Gasteiger partial charge in [0.15, 0.2) is 0 Å². The highest BCUT2D eigenvalue weighted by Gasteiger charge is 2.18. The number of phenolic OH excluding ortho intramolecular Hbond substituents is 2. The van der Waals surface area contributed by atoms with Crippen LogP contribution in [0.25, 0.3) is 5.76 Å². The Balaban J connectivity index is 0.000000485. The Morgan fingerprint density at radius 1 is 0.933 bits per heavy atom. The standard InChI is InChI=1S/C17H14O5.2C2H4O2/c1-10(18)21-13-4-2-11(3-5-13)16-7-6-14-15(20)8-12(19)9-17(14)22-16;2*1-2(3)4/h2-5,7-9,19-20H,6H2,1H3;2*1H3,(H,3,4). The van der Waals surface area contributed by atoms with Gasteiger partial charge < -0.3 is 29.9 Å². The minimum atomic E-state index is -0.833. The van der Waals surface area contributed by atoms with E-state index in [0.717, 1.165) is 19.4 Å². The Morgan fingerprint density at radius 3 is 1.97 bits per heavy atom. The molecule has 9 nitrogen and oxygen atoms in total. The molecule has 0 fully saturated rings. The molecule has 0 bridgehead atoms. The first-order chi connectivity index (χ1) is 14.0. The molecule has 0 aliphatic carbocycles. The van der Waals surface area contributed by atoms with Crippen LogP contribution >= 0.6 is 0 Å². The Hall–Kier alpha value is -4.01. The normalized spacial score (nSPS) is 11.1. The largest absolute Gasteiger partial charge is 0.508 e. The average Bonchev–Trinajstić information content (AvgIpc) is 2.60. The minimum Gasteiger partial charge on any atom is -0.508 e. The number of phenols is 2. The van der Waals surface area contributed by atoms with Crippen LogP contribution in [0.4, 0.5) is 0 Å². The van der Waals surface area contributed by atoms with Gasteiger partial charge in [0, 0.05) is 50.5 Å². The van der Waals surface area contributed by atoms with Gasteiger partial charge in [0.2, 0.25) is 0 Å². The molecule has 0 unspecified atom stereocenters. The predicted molar refractivity (Wildman–Crippen MR) is 106 cm³/mol. The van der Waals surface area contributed by atoms with Crippen molar-refractivity contribution in [3.8, 4) is 23.0 Å². The molecule has 2 aromatic carbocycles. The lowest BCUT2D eigenvalue weighted by Gasteiger charge is -2.19. The number of carbonyl (C=O) groups excluding carboxylic acids is 1. The number of allylic oxidation sites excluding steroid dienone is 1. The van der Waals surface area contributed by atoms with E-state index in [2.05, 4.69) is 0 Å². The van der Waals surface area contributed by atoms with Crippen LogP contribution in [-0.2, 0) is 20.8 Å². The zero-order valence-electron chi connectivity index (χ0n) is 16.6. The summed E-state index contributed by atoms with van der Waals surface area (Å²) in [6.45, 7) is 3.51. The highest BCUT2D eigenvalue weighted by atomic mass is 16.5. The van der Waals surface area contributed by atoms with Crippen molar-refractivity contribution in [2.24, 2.45) is 0 Å². The molecule has 1 aliphatic heterocycles. The number of carboxylic acid groups (broad SMARTS) is 2. The van der Waals surface area contributed by atoms with Crippen molar-refractivity contribution in [1.82, 2.24) is 0 Å². The number of carboxylic acids is 2. The van der Waals surface area contributed by atoms with Crippen LogP contribution in [0.1, 0.15) is 31.9 Å². The number of fused-ring (bicyclic) bond motifs is 1. The van der Waals surface area contributed by atoms with Crippen LogP contribution in [0.2, 0.25) is 0 Å². The molecule has 0 amide bonds. The Morgan fingerprint density at radius 2 is 1.47 bits per heavy atom. The van der Waals surface area contributed by atoms with Crippen LogP contribution < -0.4 is 9.47 Å². The Bertz CT molecular complexity index is 924. The fraction of sp³-hybridized carbons (Fsp3) is 0.190. The predicted octanol–water partition coefficient (Wildman–Crippen LogP) is 3.18. The van der Waals surface area contributed by atoms with E-state index in [0.29, 0.717) is 29.2 Å². The van der Waals surface area contributed by atoms with Crippen molar-refractivity contribution in [2.45, 2.75) is 27.2 Å². The summed E-state index contributed by atoms with van der Waals surface area (Å²) in [5, 5.41) is 34.2. The molecule has 3 rings (SSSR count). The second-order valence-corrected chi connectivity index (χ2v) is 5.97. The number of carbonyl (C=O) groups is 3. The third kappa shape index (κ3) is 8.34. The fourth-order valence-corrected chi connectivity index (χ4v) is 2.30. The first-order valence-corrected chi connectivity index (χ1v) is 8.60. The zero-order valence-corrected chi connectivity index (χ0v) is 16.6. The summed E-state index contributed by atoms with van der Waals surface area (Å²) < 4.78 is 10.7. The molecule has 0 aromatic heterocycles. The van der Waals surface area contributed by atoms with Crippen LogP contribution in [0.15, 0.2) is 42.5 Å². The van der Waals surface area contributed by atoms with Crippen LogP contribution in [-0.4, -0.2) is 38.3 Å². The van der Waals surface area contributed by atoms with Gasteiger partial charge in [-0.25, -0.2) is 0 Å². The van der Waals surface area contributed by atoms with Gasteiger partial charge in [-0.15, -0.1) is 0 Å². The van der Waals surface area contributed by atoms with Gasteiger partial charge in [-0.1, -0.05) is 0 Å². The zero-order chi connectivity index (χ0) is 22.8. The van der Waals surface area contributed by atoms with E-state index in [4.69, 9.17) is 29.3 Å². The maximum atomic E-state index is 10.9. The number of benzene rings is 2. The maximum absolute atomic E-state index is 10.9. The van der Waals surface area contributed by atoms with Gasteiger partial charge in [-0.3, -0.25) is 14.4 Å². The molecule has 1 aliphatic rings. The van der Waals surface area contributed by atoms with Crippen molar-refractivity contribution in [3.05, 3.63) is 53.6 Å².